The van der Waals surface area contributed by atoms with Crippen LogP contribution in [0.2, 0.25) is 0 Å². The van der Waals surface area contributed by atoms with Gasteiger partial charge in [-0.15, -0.1) is 0 Å². The van der Waals surface area contributed by atoms with E-state index < -0.39 is 35.8 Å². The fraction of sp³-hybridized carbons (Fsp3) is 0.636. The summed E-state index contributed by atoms with van der Waals surface area (Å²) in [4.78, 5) is 75.4. The number of esters is 1. The van der Waals surface area contributed by atoms with Gasteiger partial charge in [-0.3, -0.25) is 19.2 Å². The summed E-state index contributed by atoms with van der Waals surface area (Å²) in [6.07, 6.45) is 1.86. The number of Topliss-reactive ketones (excluding diaryl/α,β-unsaturated/α-hetero) is 2. The number of ether oxygens (including phenoxy) is 5. The second-order valence-electron chi connectivity index (χ2n) is 11.5. The molecule has 0 aliphatic heterocycles. The minimum Gasteiger partial charge on any atom is -0.485 e. The molecule has 4 amide bonds. The van der Waals surface area contributed by atoms with Crippen LogP contribution < -0.4 is 32.2 Å². The normalized spacial score (nSPS) is 12.1. The number of unbranched alkanes of at least 4 members (excludes halogenated alkanes) is 1. The minimum atomic E-state index is -0.894. The topological polar surface area (TPSA) is 237 Å². The van der Waals surface area contributed by atoms with Gasteiger partial charge in [-0.25, -0.2) is 9.59 Å². The highest BCUT2D eigenvalue weighted by molar-refractivity contribution is 5.99. The van der Waals surface area contributed by atoms with Gasteiger partial charge in [-0.2, -0.15) is 0 Å². The maximum absolute atomic E-state index is 13.6. The molecule has 16 nitrogen and oxygen atoms in total. The van der Waals surface area contributed by atoms with E-state index in [4.69, 9.17) is 35.2 Å². The summed E-state index contributed by atoms with van der Waals surface area (Å²) in [6, 6.07) is 2.64. The number of ketones is 2. The van der Waals surface area contributed by atoms with E-state index in [2.05, 4.69) is 16.0 Å². The lowest BCUT2D eigenvalue weighted by Gasteiger charge is -2.24. The van der Waals surface area contributed by atoms with Gasteiger partial charge in [0.05, 0.1) is 39.6 Å². The van der Waals surface area contributed by atoms with E-state index in [1.807, 2.05) is 0 Å². The zero-order valence-electron chi connectivity index (χ0n) is 29.0. The van der Waals surface area contributed by atoms with Crippen molar-refractivity contribution in [2.45, 2.75) is 58.4 Å². The maximum Gasteiger partial charge on any atom is 0.341 e. The van der Waals surface area contributed by atoms with Crippen LogP contribution in [0.25, 0.3) is 0 Å². The summed E-state index contributed by atoms with van der Waals surface area (Å²) in [5, 5.41) is 7.91. The Hall–Kier alpha value is -4.12. The fourth-order valence-electron chi connectivity index (χ4n) is 4.56. The van der Waals surface area contributed by atoms with Crippen molar-refractivity contribution < 1.29 is 52.5 Å². The van der Waals surface area contributed by atoms with Gasteiger partial charge in [0.1, 0.15) is 24.5 Å². The molecule has 0 aliphatic carbocycles. The Morgan fingerprint density at radius 2 is 1.61 bits per heavy atom. The number of carbonyl (C=O) groups is 6. The predicted molar refractivity (Wildman–Crippen MR) is 180 cm³/mol. The molecule has 7 N–H and O–H groups in total. The van der Waals surface area contributed by atoms with Crippen LogP contribution >= 0.6 is 0 Å². The fourth-order valence-corrected chi connectivity index (χ4v) is 4.56. The summed E-state index contributed by atoms with van der Waals surface area (Å²) in [7, 11) is 2.76. The largest absolute Gasteiger partial charge is 0.485 e. The molecule has 0 radical (unpaired) electrons. The number of hydrogen-bond donors (Lipinski definition) is 5. The third-order valence-corrected chi connectivity index (χ3v) is 7.17. The van der Waals surface area contributed by atoms with Gasteiger partial charge >= 0.3 is 12.0 Å². The summed E-state index contributed by atoms with van der Waals surface area (Å²) in [6.45, 7) is 4.89. The molecule has 1 aromatic rings. The van der Waals surface area contributed by atoms with Crippen molar-refractivity contribution in [2.75, 3.05) is 72.3 Å². The SMILES string of the molecule is COCCOCCOCC(=O)N[C@H](C(=O)C[C@@H](CCCNC(N)=O)C(=O)Nc1ccc(C(=O)OC)c(OCC(=O)CCCCN)c1)C(C)C. The summed E-state index contributed by atoms with van der Waals surface area (Å²) in [5.41, 5.74) is 10.9. The number of amides is 4. The molecular weight excluding hydrogens is 642 g/mol. The third kappa shape index (κ3) is 18.3. The standard InChI is InChI=1S/C33H53N5O11/c1-22(2)30(38-29(41)21-48-17-16-47-15-14-45-3)27(40)18-23(8-7-13-36-33(35)44)31(42)37-24-10-11-26(32(43)46-4)28(19-24)49-20-25(39)9-5-6-12-34/h10-11,19,22-23,30H,5-9,12-18,20-21,34H2,1-4H3,(H,37,42)(H,38,41)(H3,35,36,44)/t23-,30+/m1/s1. The highest BCUT2D eigenvalue weighted by Crippen LogP contribution is 2.26. The molecule has 1 aromatic carbocycles. The van der Waals surface area contributed by atoms with Crippen LogP contribution in [0.5, 0.6) is 5.75 Å². The van der Waals surface area contributed by atoms with Crippen LogP contribution in [0.1, 0.15) is 62.7 Å². The van der Waals surface area contributed by atoms with E-state index in [9.17, 15) is 28.8 Å². The molecular formula is C33H53N5O11. The van der Waals surface area contributed by atoms with Crippen LogP contribution in [0, 0.1) is 11.8 Å². The van der Waals surface area contributed by atoms with E-state index in [0.717, 1.165) is 0 Å². The molecule has 1 rings (SSSR count). The van der Waals surface area contributed by atoms with Gasteiger partial charge in [-0.05, 0) is 50.3 Å². The molecule has 0 heterocycles. The number of primary amides is 1. The first-order valence-corrected chi connectivity index (χ1v) is 16.3. The second-order valence-corrected chi connectivity index (χ2v) is 11.5. The van der Waals surface area contributed by atoms with Crippen molar-refractivity contribution in [2.24, 2.45) is 23.3 Å². The first-order valence-electron chi connectivity index (χ1n) is 16.3. The molecule has 0 aromatic heterocycles. The zero-order valence-corrected chi connectivity index (χ0v) is 29.0. The first-order chi connectivity index (χ1) is 23.4. The van der Waals surface area contributed by atoms with Gasteiger partial charge in [0.25, 0.3) is 0 Å². The van der Waals surface area contributed by atoms with Gasteiger partial charge in [0.15, 0.2) is 11.6 Å². The van der Waals surface area contributed by atoms with E-state index >= 15 is 0 Å². The van der Waals surface area contributed by atoms with Crippen molar-refractivity contribution in [1.29, 1.82) is 0 Å². The van der Waals surface area contributed by atoms with Crippen LogP contribution in [-0.2, 0) is 38.1 Å². The maximum atomic E-state index is 13.6. The van der Waals surface area contributed by atoms with E-state index in [0.29, 0.717) is 39.0 Å². The third-order valence-electron chi connectivity index (χ3n) is 7.17. The van der Waals surface area contributed by atoms with Crippen LogP contribution in [0.15, 0.2) is 18.2 Å². The van der Waals surface area contributed by atoms with E-state index in [1.165, 1.54) is 25.3 Å². The molecule has 2 atom stereocenters. The van der Waals surface area contributed by atoms with E-state index in [1.54, 1.807) is 21.0 Å². The molecule has 0 saturated carbocycles. The average molecular weight is 696 g/mol. The molecule has 0 saturated heterocycles. The van der Waals surface area contributed by atoms with Crippen molar-refractivity contribution >= 4 is 41.1 Å². The number of anilines is 1. The molecule has 0 bridgehead atoms. The lowest BCUT2D eigenvalue weighted by Crippen LogP contribution is -2.47. The number of nitrogens with two attached hydrogens (primary N) is 2. The lowest BCUT2D eigenvalue weighted by atomic mass is 9.89. The molecule has 0 spiro atoms. The number of carbonyl (C=O) groups excluding carboxylic acids is 6. The second kappa shape index (κ2) is 24.9. The van der Waals surface area contributed by atoms with Crippen molar-refractivity contribution in [3.8, 4) is 5.75 Å². The zero-order chi connectivity index (χ0) is 36.6. The van der Waals surface area contributed by atoms with Gasteiger partial charge in [-0.1, -0.05) is 13.8 Å². The highest BCUT2D eigenvalue weighted by Gasteiger charge is 2.30. The van der Waals surface area contributed by atoms with Crippen molar-refractivity contribution in [3.63, 3.8) is 0 Å². The smallest absolute Gasteiger partial charge is 0.341 e. The van der Waals surface area contributed by atoms with Crippen LogP contribution in [0.4, 0.5) is 10.5 Å². The number of rotatable bonds is 27. The molecule has 16 heteroatoms. The number of nitrogens with one attached hydrogen (secondary N) is 3. The molecule has 0 fully saturated rings. The predicted octanol–water partition coefficient (Wildman–Crippen LogP) is 1.33. The molecule has 0 aliphatic rings. The quantitative estimate of drug-likeness (QED) is 0.0648. The Morgan fingerprint density at radius 1 is 0.898 bits per heavy atom. The number of urea groups is 1. The Kier molecular flexibility index (Phi) is 21.8. The summed E-state index contributed by atoms with van der Waals surface area (Å²) in [5.74, 6) is -3.40. The van der Waals surface area contributed by atoms with Crippen LogP contribution in [-0.4, -0.2) is 108 Å². The number of methoxy groups -OCH3 is 2. The van der Waals surface area contributed by atoms with Crippen molar-refractivity contribution in [3.05, 3.63) is 23.8 Å². The molecule has 276 valence electrons. The molecule has 49 heavy (non-hydrogen) atoms. The van der Waals surface area contributed by atoms with Crippen LogP contribution in [0.3, 0.4) is 0 Å². The summed E-state index contributed by atoms with van der Waals surface area (Å²) >= 11 is 0. The number of benzene rings is 1. The average Bonchev–Trinajstić information content (AvgIpc) is 3.06. The van der Waals surface area contributed by atoms with E-state index in [-0.39, 0.29) is 86.7 Å². The monoisotopic (exact) mass is 695 g/mol. The minimum absolute atomic E-state index is 0.0291. The van der Waals surface area contributed by atoms with Gasteiger partial charge < -0.3 is 51.1 Å². The Morgan fingerprint density at radius 3 is 2.27 bits per heavy atom. The summed E-state index contributed by atoms with van der Waals surface area (Å²) < 4.78 is 26.0. The molecule has 0 unspecified atom stereocenters. The number of hydrogen-bond acceptors (Lipinski definition) is 12. The van der Waals surface area contributed by atoms with Gasteiger partial charge in [0.2, 0.25) is 11.8 Å². The highest BCUT2D eigenvalue weighted by atomic mass is 16.5. The Balaban J connectivity index is 3.04. The Bertz CT molecular complexity index is 1210. The lowest BCUT2D eigenvalue weighted by molar-refractivity contribution is -0.133. The van der Waals surface area contributed by atoms with Crippen molar-refractivity contribution in [1.82, 2.24) is 10.6 Å². The Labute approximate surface area is 287 Å². The first kappa shape index (κ1) is 42.9. The van der Waals surface area contributed by atoms with Gasteiger partial charge in [0, 0.05) is 44.2 Å².